The summed E-state index contributed by atoms with van der Waals surface area (Å²) in [5.74, 6) is 0.0801. The standard InChI is InChI=1S/C10H7Cl3N4O2/c11-5-1-7(13)8(2-6(5)12)19-3-9(18)16-10-14-4-15-17-10/h1-2,4H,3H2,(H2,14,15,16,17,18). The molecule has 1 amide bonds. The zero-order valence-electron chi connectivity index (χ0n) is 9.28. The molecule has 1 aromatic heterocycles. The van der Waals surface area contributed by atoms with Crippen molar-refractivity contribution >= 4 is 46.7 Å². The van der Waals surface area contributed by atoms with Crippen molar-refractivity contribution in [2.24, 2.45) is 0 Å². The largest absolute Gasteiger partial charge is 0.482 e. The molecular formula is C10H7Cl3N4O2. The molecule has 0 saturated heterocycles. The number of hydrogen-bond acceptors (Lipinski definition) is 4. The van der Waals surface area contributed by atoms with Crippen LogP contribution in [0.3, 0.4) is 0 Å². The van der Waals surface area contributed by atoms with Crippen LogP contribution in [0.2, 0.25) is 15.1 Å². The number of amides is 1. The van der Waals surface area contributed by atoms with Gasteiger partial charge in [0.2, 0.25) is 5.95 Å². The molecule has 9 heteroatoms. The number of ether oxygens (including phenoxy) is 1. The number of halogens is 3. The lowest BCUT2D eigenvalue weighted by Crippen LogP contribution is -2.21. The van der Waals surface area contributed by atoms with E-state index in [-0.39, 0.29) is 28.3 Å². The summed E-state index contributed by atoms with van der Waals surface area (Å²) >= 11 is 17.5. The molecule has 0 aliphatic heterocycles. The first-order valence-corrected chi connectivity index (χ1v) is 6.12. The van der Waals surface area contributed by atoms with E-state index in [1.807, 2.05) is 0 Å². The van der Waals surface area contributed by atoms with E-state index in [1.165, 1.54) is 18.5 Å². The van der Waals surface area contributed by atoms with E-state index in [2.05, 4.69) is 20.5 Å². The van der Waals surface area contributed by atoms with Gasteiger partial charge in [-0.15, -0.1) is 0 Å². The van der Waals surface area contributed by atoms with E-state index in [4.69, 9.17) is 39.5 Å². The predicted octanol–water partition coefficient (Wildman–Crippen LogP) is 2.78. The lowest BCUT2D eigenvalue weighted by molar-refractivity contribution is -0.118. The number of hydrogen-bond donors (Lipinski definition) is 2. The maximum Gasteiger partial charge on any atom is 0.264 e. The third-order valence-electron chi connectivity index (χ3n) is 2.01. The summed E-state index contributed by atoms with van der Waals surface area (Å²) in [6.07, 6.45) is 1.27. The Labute approximate surface area is 123 Å². The number of carbonyl (C=O) groups is 1. The fourth-order valence-electron chi connectivity index (χ4n) is 1.19. The van der Waals surface area contributed by atoms with Crippen molar-refractivity contribution in [3.05, 3.63) is 33.5 Å². The molecule has 0 unspecified atom stereocenters. The predicted molar refractivity (Wildman–Crippen MR) is 72.0 cm³/mol. The van der Waals surface area contributed by atoms with E-state index >= 15 is 0 Å². The molecule has 0 saturated carbocycles. The van der Waals surface area contributed by atoms with Crippen LogP contribution >= 0.6 is 34.8 Å². The molecule has 6 nitrogen and oxygen atoms in total. The number of aromatic amines is 1. The van der Waals surface area contributed by atoms with Crippen LogP contribution in [0, 0.1) is 0 Å². The van der Waals surface area contributed by atoms with Crippen molar-refractivity contribution < 1.29 is 9.53 Å². The van der Waals surface area contributed by atoms with Gasteiger partial charge in [-0.25, -0.2) is 5.10 Å². The average molecular weight is 322 g/mol. The van der Waals surface area contributed by atoms with Gasteiger partial charge >= 0.3 is 0 Å². The molecule has 2 N–H and O–H groups in total. The van der Waals surface area contributed by atoms with E-state index in [0.29, 0.717) is 5.02 Å². The van der Waals surface area contributed by atoms with Crippen molar-refractivity contribution in [1.29, 1.82) is 0 Å². The molecule has 0 spiro atoms. The third-order valence-corrected chi connectivity index (χ3v) is 3.02. The first-order valence-electron chi connectivity index (χ1n) is 4.99. The highest BCUT2D eigenvalue weighted by Crippen LogP contribution is 2.33. The number of nitrogens with zero attached hydrogens (tertiary/aromatic N) is 2. The van der Waals surface area contributed by atoms with Crippen LogP contribution < -0.4 is 10.1 Å². The summed E-state index contributed by atoms with van der Waals surface area (Å²) in [6.45, 7) is -0.252. The molecule has 0 radical (unpaired) electrons. The summed E-state index contributed by atoms with van der Waals surface area (Å²) in [5.41, 5.74) is 0. The second-order valence-corrected chi connectivity index (χ2v) is 4.59. The molecule has 1 aromatic carbocycles. The fraction of sp³-hybridized carbons (Fsp3) is 0.100. The number of nitrogens with one attached hydrogen (secondary N) is 2. The van der Waals surface area contributed by atoms with E-state index < -0.39 is 5.91 Å². The monoisotopic (exact) mass is 320 g/mol. The normalized spacial score (nSPS) is 10.3. The number of H-pyrrole nitrogens is 1. The van der Waals surface area contributed by atoms with Crippen LogP contribution in [0.4, 0.5) is 5.95 Å². The molecule has 0 atom stereocenters. The molecule has 2 rings (SSSR count). The topological polar surface area (TPSA) is 79.9 Å². The molecule has 2 aromatic rings. The SMILES string of the molecule is O=C(COc1cc(Cl)c(Cl)cc1Cl)Nc1ncn[nH]1. The summed E-state index contributed by atoms with van der Waals surface area (Å²) < 4.78 is 5.23. The van der Waals surface area contributed by atoms with Gasteiger partial charge in [0, 0.05) is 6.07 Å². The average Bonchev–Trinajstić information content (AvgIpc) is 2.85. The summed E-state index contributed by atoms with van der Waals surface area (Å²) in [4.78, 5) is 15.3. The van der Waals surface area contributed by atoms with Crippen LogP contribution in [0.25, 0.3) is 0 Å². The molecule has 19 heavy (non-hydrogen) atoms. The second kappa shape index (κ2) is 6.10. The molecule has 0 aliphatic carbocycles. The Morgan fingerprint density at radius 3 is 2.68 bits per heavy atom. The maximum atomic E-state index is 11.5. The highest BCUT2D eigenvalue weighted by molar-refractivity contribution is 6.43. The van der Waals surface area contributed by atoms with Gasteiger partial charge in [-0.1, -0.05) is 34.8 Å². The molecule has 1 heterocycles. The maximum absolute atomic E-state index is 11.5. The highest BCUT2D eigenvalue weighted by Gasteiger charge is 2.10. The van der Waals surface area contributed by atoms with Crippen molar-refractivity contribution in [1.82, 2.24) is 15.2 Å². The first kappa shape index (κ1) is 13.9. The number of rotatable bonds is 4. The van der Waals surface area contributed by atoms with Gasteiger partial charge in [0.1, 0.15) is 12.1 Å². The molecular weight excluding hydrogens is 314 g/mol. The molecule has 0 bridgehead atoms. The summed E-state index contributed by atoms with van der Waals surface area (Å²) in [5, 5.41) is 9.37. The zero-order chi connectivity index (χ0) is 13.8. The van der Waals surface area contributed by atoms with Crippen molar-refractivity contribution in [2.75, 3.05) is 11.9 Å². The van der Waals surface area contributed by atoms with E-state index in [1.54, 1.807) is 0 Å². The fourth-order valence-corrected chi connectivity index (χ4v) is 1.78. The van der Waals surface area contributed by atoms with Crippen molar-refractivity contribution in [3.8, 4) is 5.75 Å². The summed E-state index contributed by atoms with van der Waals surface area (Å²) in [7, 11) is 0. The van der Waals surface area contributed by atoms with Crippen LogP contribution in [-0.2, 0) is 4.79 Å². The lowest BCUT2D eigenvalue weighted by Gasteiger charge is -2.08. The van der Waals surface area contributed by atoms with Gasteiger partial charge in [-0.3, -0.25) is 10.1 Å². The van der Waals surface area contributed by atoms with Crippen LogP contribution in [0.15, 0.2) is 18.5 Å². The molecule has 0 fully saturated rings. The number of benzene rings is 1. The Morgan fingerprint density at radius 2 is 2.00 bits per heavy atom. The highest BCUT2D eigenvalue weighted by atomic mass is 35.5. The van der Waals surface area contributed by atoms with Gasteiger partial charge < -0.3 is 4.74 Å². The minimum atomic E-state index is -0.418. The first-order chi connectivity index (χ1) is 9.06. The van der Waals surface area contributed by atoms with Crippen LogP contribution in [-0.4, -0.2) is 27.7 Å². The Hall–Kier alpha value is -1.50. The quantitative estimate of drug-likeness (QED) is 0.849. The Bertz CT molecular complexity index is 589. The van der Waals surface area contributed by atoms with Gasteiger partial charge in [0.05, 0.1) is 15.1 Å². The third kappa shape index (κ3) is 3.73. The van der Waals surface area contributed by atoms with Gasteiger partial charge in [0.25, 0.3) is 5.91 Å². The number of anilines is 1. The van der Waals surface area contributed by atoms with E-state index in [0.717, 1.165) is 0 Å². The Morgan fingerprint density at radius 1 is 1.26 bits per heavy atom. The number of carbonyl (C=O) groups excluding carboxylic acids is 1. The Kier molecular flexibility index (Phi) is 4.47. The van der Waals surface area contributed by atoms with Crippen LogP contribution in [0.5, 0.6) is 5.75 Å². The van der Waals surface area contributed by atoms with Crippen LogP contribution in [0.1, 0.15) is 0 Å². The van der Waals surface area contributed by atoms with Crippen molar-refractivity contribution in [3.63, 3.8) is 0 Å². The minimum Gasteiger partial charge on any atom is -0.482 e. The molecule has 0 aliphatic rings. The number of aromatic nitrogens is 3. The lowest BCUT2D eigenvalue weighted by atomic mass is 10.3. The minimum absolute atomic E-state index is 0.230. The Balaban J connectivity index is 1.95. The van der Waals surface area contributed by atoms with Gasteiger partial charge in [-0.05, 0) is 6.07 Å². The zero-order valence-corrected chi connectivity index (χ0v) is 11.6. The van der Waals surface area contributed by atoms with Gasteiger partial charge in [0.15, 0.2) is 6.61 Å². The van der Waals surface area contributed by atoms with E-state index in [9.17, 15) is 4.79 Å². The smallest absolute Gasteiger partial charge is 0.264 e. The van der Waals surface area contributed by atoms with Crippen molar-refractivity contribution in [2.45, 2.75) is 0 Å². The second-order valence-electron chi connectivity index (χ2n) is 3.37. The molecule has 100 valence electrons. The summed E-state index contributed by atoms with van der Waals surface area (Å²) in [6, 6.07) is 2.88. The van der Waals surface area contributed by atoms with Gasteiger partial charge in [-0.2, -0.15) is 10.1 Å².